The monoisotopic (exact) mass is 227 g/mol. The van der Waals surface area contributed by atoms with E-state index in [1.54, 1.807) is 7.05 Å². The molecule has 1 aliphatic heterocycles. The molecule has 94 valence electrons. The molecule has 0 atom stereocenters. The molecule has 2 N–H and O–H groups in total. The molecule has 16 heavy (non-hydrogen) atoms. The average molecular weight is 227 g/mol. The highest BCUT2D eigenvalue weighted by atomic mass is 16.1. The van der Waals surface area contributed by atoms with Crippen LogP contribution < -0.4 is 10.6 Å². The minimum absolute atomic E-state index is 0.114. The molecule has 4 nitrogen and oxygen atoms in total. The molecular formula is C12H25N3O. The van der Waals surface area contributed by atoms with E-state index in [2.05, 4.69) is 29.4 Å². The smallest absolute Gasteiger partial charge is 0.233 e. The SMILES string of the molecule is CNC(=O)CN(CC1CCNCC1)C(C)C. The first-order valence-electron chi connectivity index (χ1n) is 6.28. The lowest BCUT2D eigenvalue weighted by Crippen LogP contribution is -2.44. The molecule has 0 aromatic carbocycles. The molecule has 1 heterocycles. The fraction of sp³-hybridized carbons (Fsp3) is 0.917. The Labute approximate surface area is 98.8 Å². The second kappa shape index (κ2) is 6.86. The molecule has 1 saturated heterocycles. The molecular weight excluding hydrogens is 202 g/mol. The van der Waals surface area contributed by atoms with Gasteiger partial charge in [0.2, 0.25) is 5.91 Å². The quantitative estimate of drug-likeness (QED) is 0.716. The summed E-state index contributed by atoms with van der Waals surface area (Å²) in [7, 11) is 1.70. The topological polar surface area (TPSA) is 44.4 Å². The van der Waals surface area contributed by atoms with E-state index < -0.39 is 0 Å². The summed E-state index contributed by atoms with van der Waals surface area (Å²) < 4.78 is 0. The third-order valence-corrected chi connectivity index (χ3v) is 3.31. The Morgan fingerprint density at radius 3 is 2.56 bits per heavy atom. The molecule has 1 rings (SSSR count). The van der Waals surface area contributed by atoms with Crippen molar-refractivity contribution in [3.63, 3.8) is 0 Å². The molecule has 1 aliphatic rings. The summed E-state index contributed by atoms with van der Waals surface area (Å²) in [5, 5.41) is 6.07. The van der Waals surface area contributed by atoms with E-state index in [1.807, 2.05) is 0 Å². The minimum atomic E-state index is 0.114. The fourth-order valence-electron chi connectivity index (χ4n) is 2.12. The lowest BCUT2D eigenvalue weighted by atomic mass is 9.97. The van der Waals surface area contributed by atoms with E-state index in [0.717, 1.165) is 25.6 Å². The van der Waals surface area contributed by atoms with Gasteiger partial charge in [0.1, 0.15) is 0 Å². The van der Waals surface area contributed by atoms with Gasteiger partial charge in [0.25, 0.3) is 0 Å². The molecule has 0 unspecified atom stereocenters. The van der Waals surface area contributed by atoms with E-state index in [0.29, 0.717) is 12.6 Å². The fourth-order valence-corrected chi connectivity index (χ4v) is 2.12. The van der Waals surface area contributed by atoms with Gasteiger partial charge in [-0.25, -0.2) is 0 Å². The summed E-state index contributed by atoms with van der Waals surface area (Å²) >= 11 is 0. The van der Waals surface area contributed by atoms with Crippen molar-refractivity contribution in [1.82, 2.24) is 15.5 Å². The van der Waals surface area contributed by atoms with E-state index in [-0.39, 0.29) is 5.91 Å². The highest BCUT2D eigenvalue weighted by molar-refractivity contribution is 5.77. The van der Waals surface area contributed by atoms with Gasteiger partial charge in [-0.1, -0.05) is 0 Å². The number of likely N-dealkylation sites (N-methyl/N-ethyl adjacent to an activating group) is 1. The minimum Gasteiger partial charge on any atom is -0.358 e. The third-order valence-electron chi connectivity index (χ3n) is 3.31. The van der Waals surface area contributed by atoms with Gasteiger partial charge >= 0.3 is 0 Å². The van der Waals surface area contributed by atoms with E-state index in [9.17, 15) is 4.79 Å². The van der Waals surface area contributed by atoms with Crippen molar-refractivity contribution in [3.8, 4) is 0 Å². The number of nitrogens with one attached hydrogen (secondary N) is 2. The van der Waals surface area contributed by atoms with Gasteiger partial charge < -0.3 is 10.6 Å². The number of rotatable bonds is 5. The molecule has 0 aromatic heterocycles. The molecule has 0 spiro atoms. The zero-order valence-corrected chi connectivity index (χ0v) is 10.8. The van der Waals surface area contributed by atoms with Gasteiger partial charge in [0, 0.05) is 19.6 Å². The Balaban J connectivity index is 2.40. The Hall–Kier alpha value is -0.610. The van der Waals surface area contributed by atoms with Crippen molar-refractivity contribution in [1.29, 1.82) is 0 Å². The molecule has 0 bridgehead atoms. The standard InChI is InChI=1S/C12H25N3O/c1-10(2)15(9-12(16)13-3)8-11-4-6-14-7-5-11/h10-11,14H,4-9H2,1-3H3,(H,13,16). The average Bonchev–Trinajstić information content (AvgIpc) is 2.29. The van der Waals surface area contributed by atoms with Gasteiger partial charge in [-0.3, -0.25) is 9.69 Å². The summed E-state index contributed by atoms with van der Waals surface area (Å²) in [6.45, 7) is 8.13. The van der Waals surface area contributed by atoms with Crippen LogP contribution in [-0.4, -0.2) is 50.1 Å². The molecule has 1 amide bonds. The van der Waals surface area contributed by atoms with Crippen LogP contribution in [0.2, 0.25) is 0 Å². The van der Waals surface area contributed by atoms with Crippen molar-refractivity contribution in [2.45, 2.75) is 32.7 Å². The van der Waals surface area contributed by atoms with Crippen molar-refractivity contribution in [2.75, 3.05) is 33.2 Å². The molecule has 1 fully saturated rings. The second-order valence-electron chi connectivity index (χ2n) is 4.89. The van der Waals surface area contributed by atoms with E-state index in [4.69, 9.17) is 0 Å². The van der Waals surface area contributed by atoms with Crippen LogP contribution in [0.15, 0.2) is 0 Å². The van der Waals surface area contributed by atoms with E-state index >= 15 is 0 Å². The van der Waals surface area contributed by atoms with Gasteiger partial charge in [0.15, 0.2) is 0 Å². The maximum Gasteiger partial charge on any atom is 0.233 e. The first-order valence-corrected chi connectivity index (χ1v) is 6.28. The lowest BCUT2D eigenvalue weighted by Gasteiger charge is -2.32. The van der Waals surface area contributed by atoms with Gasteiger partial charge in [-0.05, 0) is 45.7 Å². The molecule has 0 radical (unpaired) electrons. The zero-order chi connectivity index (χ0) is 12.0. The number of hydrogen-bond donors (Lipinski definition) is 2. The van der Waals surface area contributed by atoms with Crippen LogP contribution in [0.1, 0.15) is 26.7 Å². The predicted molar refractivity (Wildman–Crippen MR) is 66.4 cm³/mol. The van der Waals surface area contributed by atoms with E-state index in [1.165, 1.54) is 12.8 Å². The lowest BCUT2D eigenvalue weighted by molar-refractivity contribution is -0.122. The maximum absolute atomic E-state index is 11.4. The van der Waals surface area contributed by atoms with Crippen molar-refractivity contribution in [2.24, 2.45) is 5.92 Å². The number of piperidine rings is 1. The highest BCUT2D eigenvalue weighted by Gasteiger charge is 2.20. The Kier molecular flexibility index (Phi) is 5.77. The van der Waals surface area contributed by atoms with Gasteiger partial charge in [-0.2, -0.15) is 0 Å². The zero-order valence-electron chi connectivity index (χ0n) is 10.8. The maximum atomic E-state index is 11.4. The third kappa shape index (κ3) is 4.49. The first kappa shape index (κ1) is 13.5. The van der Waals surface area contributed by atoms with Gasteiger partial charge in [-0.15, -0.1) is 0 Å². The van der Waals surface area contributed by atoms with Crippen LogP contribution in [0.5, 0.6) is 0 Å². The Bertz CT molecular complexity index is 212. The van der Waals surface area contributed by atoms with Crippen LogP contribution in [-0.2, 0) is 4.79 Å². The summed E-state index contributed by atoms with van der Waals surface area (Å²) in [5.74, 6) is 0.857. The van der Waals surface area contributed by atoms with Crippen molar-refractivity contribution >= 4 is 5.91 Å². The normalized spacial score (nSPS) is 18.1. The van der Waals surface area contributed by atoms with Crippen LogP contribution in [0, 0.1) is 5.92 Å². The number of carbonyl (C=O) groups is 1. The van der Waals surface area contributed by atoms with Crippen LogP contribution in [0.3, 0.4) is 0 Å². The molecule has 0 aromatic rings. The number of nitrogens with zero attached hydrogens (tertiary/aromatic N) is 1. The van der Waals surface area contributed by atoms with Crippen LogP contribution in [0.4, 0.5) is 0 Å². The second-order valence-corrected chi connectivity index (χ2v) is 4.89. The summed E-state index contributed by atoms with van der Waals surface area (Å²) in [5.41, 5.74) is 0. The largest absolute Gasteiger partial charge is 0.358 e. The number of hydrogen-bond acceptors (Lipinski definition) is 3. The summed E-state index contributed by atoms with van der Waals surface area (Å²) in [4.78, 5) is 13.7. The van der Waals surface area contributed by atoms with Crippen LogP contribution in [0.25, 0.3) is 0 Å². The summed E-state index contributed by atoms with van der Waals surface area (Å²) in [6, 6.07) is 0.437. The van der Waals surface area contributed by atoms with Crippen molar-refractivity contribution in [3.05, 3.63) is 0 Å². The summed E-state index contributed by atoms with van der Waals surface area (Å²) in [6.07, 6.45) is 2.47. The number of carbonyl (C=O) groups excluding carboxylic acids is 1. The molecule has 4 heteroatoms. The Morgan fingerprint density at radius 2 is 2.06 bits per heavy atom. The van der Waals surface area contributed by atoms with Crippen LogP contribution >= 0.6 is 0 Å². The van der Waals surface area contributed by atoms with Crippen molar-refractivity contribution < 1.29 is 4.79 Å². The molecule has 0 saturated carbocycles. The Morgan fingerprint density at radius 1 is 1.44 bits per heavy atom. The van der Waals surface area contributed by atoms with Gasteiger partial charge in [0.05, 0.1) is 6.54 Å². The number of amides is 1. The molecule has 0 aliphatic carbocycles. The highest BCUT2D eigenvalue weighted by Crippen LogP contribution is 2.14. The predicted octanol–water partition coefficient (Wildman–Crippen LogP) is 0.442. The first-order chi connectivity index (χ1) is 7.63.